The van der Waals surface area contributed by atoms with Crippen LogP contribution in [0.1, 0.15) is 10.4 Å². The van der Waals surface area contributed by atoms with Gasteiger partial charge < -0.3 is 5.32 Å². The van der Waals surface area contributed by atoms with Gasteiger partial charge in [-0.2, -0.15) is 0 Å². The number of nitrogens with one attached hydrogen (secondary N) is 1. The van der Waals surface area contributed by atoms with Crippen molar-refractivity contribution in [3.05, 3.63) is 76.0 Å². The molecule has 0 aliphatic carbocycles. The summed E-state index contributed by atoms with van der Waals surface area (Å²) in [5, 5.41) is 3.12. The van der Waals surface area contributed by atoms with Gasteiger partial charge in [0.2, 0.25) is 0 Å². The van der Waals surface area contributed by atoms with Crippen molar-refractivity contribution in [2.45, 2.75) is 0 Å². The predicted octanol–water partition coefficient (Wildman–Crippen LogP) is 4.81. The third-order valence-electron chi connectivity index (χ3n) is 3.11. The fourth-order valence-corrected chi connectivity index (χ4v) is 2.56. The van der Waals surface area contributed by atoms with E-state index in [0.29, 0.717) is 22.1 Å². The van der Waals surface area contributed by atoms with Gasteiger partial charge in [-0.1, -0.05) is 57.9 Å². The first-order chi connectivity index (χ1) is 11.1. The van der Waals surface area contributed by atoms with E-state index in [0.717, 1.165) is 10.0 Å². The van der Waals surface area contributed by atoms with E-state index in [2.05, 4.69) is 31.2 Å². The fraction of sp³-hybridized carbons (Fsp3) is 0. The standard InChI is InChI=1S/C17H11BrClN3O/c18-12-6-7-15(19)14(8-12)17(23)22-13-9-20-16(21-10-13)11-4-2-1-3-5-11/h1-10H,(H,22,23). The third kappa shape index (κ3) is 3.75. The third-order valence-corrected chi connectivity index (χ3v) is 3.94. The number of benzene rings is 2. The van der Waals surface area contributed by atoms with Gasteiger partial charge >= 0.3 is 0 Å². The molecule has 23 heavy (non-hydrogen) atoms. The Balaban J connectivity index is 1.78. The Morgan fingerprint density at radius 2 is 1.74 bits per heavy atom. The molecule has 0 unspecified atom stereocenters. The highest BCUT2D eigenvalue weighted by Crippen LogP contribution is 2.22. The number of halogens is 2. The largest absolute Gasteiger partial charge is 0.319 e. The minimum Gasteiger partial charge on any atom is -0.319 e. The van der Waals surface area contributed by atoms with E-state index < -0.39 is 0 Å². The van der Waals surface area contributed by atoms with Crippen LogP contribution in [0, 0.1) is 0 Å². The van der Waals surface area contributed by atoms with Crippen molar-refractivity contribution in [1.29, 1.82) is 0 Å². The van der Waals surface area contributed by atoms with Crippen LogP contribution in [0.15, 0.2) is 65.4 Å². The minimum absolute atomic E-state index is 0.313. The number of hydrogen-bond donors (Lipinski definition) is 1. The maximum atomic E-state index is 12.3. The summed E-state index contributed by atoms with van der Waals surface area (Å²) in [6.45, 7) is 0. The molecule has 0 atom stereocenters. The molecule has 0 spiro atoms. The van der Waals surface area contributed by atoms with E-state index >= 15 is 0 Å². The lowest BCUT2D eigenvalue weighted by molar-refractivity contribution is 0.102. The molecular weight excluding hydrogens is 378 g/mol. The minimum atomic E-state index is -0.313. The van der Waals surface area contributed by atoms with Crippen molar-refractivity contribution in [2.75, 3.05) is 5.32 Å². The SMILES string of the molecule is O=C(Nc1cnc(-c2ccccc2)nc1)c1cc(Br)ccc1Cl. The van der Waals surface area contributed by atoms with E-state index in [4.69, 9.17) is 11.6 Å². The zero-order valence-electron chi connectivity index (χ0n) is 11.8. The molecule has 6 heteroatoms. The average molecular weight is 389 g/mol. The number of hydrogen-bond acceptors (Lipinski definition) is 3. The van der Waals surface area contributed by atoms with E-state index in [9.17, 15) is 4.79 Å². The second kappa shape index (κ2) is 6.89. The first kappa shape index (κ1) is 15.6. The number of amides is 1. The second-order valence-electron chi connectivity index (χ2n) is 4.74. The molecule has 114 valence electrons. The Labute approximate surface area is 146 Å². The van der Waals surface area contributed by atoms with Crippen molar-refractivity contribution >= 4 is 39.1 Å². The Morgan fingerprint density at radius 3 is 2.43 bits per heavy atom. The molecule has 4 nitrogen and oxygen atoms in total. The Morgan fingerprint density at radius 1 is 1.04 bits per heavy atom. The molecule has 0 aliphatic heterocycles. The summed E-state index contributed by atoms with van der Waals surface area (Å²) in [6.07, 6.45) is 3.14. The number of anilines is 1. The maximum absolute atomic E-state index is 12.3. The fourth-order valence-electron chi connectivity index (χ4n) is 2.00. The van der Waals surface area contributed by atoms with E-state index in [1.165, 1.54) is 0 Å². The molecule has 3 rings (SSSR count). The second-order valence-corrected chi connectivity index (χ2v) is 6.06. The van der Waals surface area contributed by atoms with Gasteiger partial charge in [-0.25, -0.2) is 9.97 Å². The molecule has 0 saturated heterocycles. The van der Waals surface area contributed by atoms with E-state index in [1.54, 1.807) is 30.6 Å². The summed E-state index contributed by atoms with van der Waals surface area (Å²) in [5.41, 5.74) is 1.80. The van der Waals surface area contributed by atoms with Crippen LogP contribution in [0.2, 0.25) is 5.02 Å². The van der Waals surface area contributed by atoms with Crippen LogP contribution in [0.3, 0.4) is 0 Å². The van der Waals surface area contributed by atoms with Crippen LogP contribution in [-0.4, -0.2) is 15.9 Å². The van der Waals surface area contributed by atoms with Crippen LogP contribution >= 0.6 is 27.5 Å². The summed E-state index contributed by atoms with van der Waals surface area (Å²) in [6, 6.07) is 14.7. The predicted molar refractivity (Wildman–Crippen MR) is 94.6 cm³/mol. The van der Waals surface area contributed by atoms with Gasteiger partial charge in [-0.05, 0) is 18.2 Å². The molecule has 0 saturated carbocycles. The highest BCUT2D eigenvalue weighted by molar-refractivity contribution is 9.10. The van der Waals surface area contributed by atoms with Crippen molar-refractivity contribution in [3.8, 4) is 11.4 Å². The number of carbonyl (C=O) groups excluding carboxylic acids is 1. The van der Waals surface area contributed by atoms with Gasteiger partial charge in [-0.3, -0.25) is 4.79 Å². The molecule has 1 N–H and O–H groups in total. The lowest BCUT2D eigenvalue weighted by Crippen LogP contribution is -2.13. The van der Waals surface area contributed by atoms with Crippen LogP contribution in [0.25, 0.3) is 11.4 Å². The van der Waals surface area contributed by atoms with Crippen LogP contribution in [0.5, 0.6) is 0 Å². The van der Waals surface area contributed by atoms with Gasteiger partial charge in [0.1, 0.15) is 0 Å². The molecular formula is C17H11BrClN3O. The van der Waals surface area contributed by atoms with Gasteiger partial charge in [0.15, 0.2) is 5.82 Å². The lowest BCUT2D eigenvalue weighted by atomic mass is 10.2. The average Bonchev–Trinajstić information content (AvgIpc) is 2.58. The summed E-state index contributed by atoms with van der Waals surface area (Å²) in [5.74, 6) is 0.288. The molecule has 1 amide bonds. The molecule has 0 fully saturated rings. The molecule has 2 aromatic carbocycles. The Hall–Kier alpha value is -2.24. The summed E-state index contributed by atoms with van der Waals surface area (Å²) in [4.78, 5) is 20.8. The number of carbonyl (C=O) groups is 1. The van der Waals surface area contributed by atoms with E-state index in [-0.39, 0.29) is 5.91 Å². The highest BCUT2D eigenvalue weighted by atomic mass is 79.9. The monoisotopic (exact) mass is 387 g/mol. The highest BCUT2D eigenvalue weighted by Gasteiger charge is 2.12. The zero-order chi connectivity index (χ0) is 16.2. The summed E-state index contributed by atoms with van der Waals surface area (Å²) >= 11 is 9.37. The summed E-state index contributed by atoms with van der Waals surface area (Å²) in [7, 11) is 0. The first-order valence-corrected chi connectivity index (χ1v) is 7.94. The zero-order valence-corrected chi connectivity index (χ0v) is 14.2. The molecule has 1 aromatic heterocycles. The molecule has 0 radical (unpaired) electrons. The quantitative estimate of drug-likeness (QED) is 0.700. The lowest BCUT2D eigenvalue weighted by Gasteiger charge is -2.07. The van der Waals surface area contributed by atoms with Crippen LogP contribution < -0.4 is 5.32 Å². The van der Waals surface area contributed by atoms with Gasteiger partial charge in [-0.15, -0.1) is 0 Å². The Kier molecular flexibility index (Phi) is 4.69. The van der Waals surface area contributed by atoms with Gasteiger partial charge in [0.05, 0.1) is 28.7 Å². The van der Waals surface area contributed by atoms with Gasteiger partial charge in [0.25, 0.3) is 5.91 Å². The molecule has 0 bridgehead atoms. The smallest absolute Gasteiger partial charge is 0.257 e. The van der Waals surface area contributed by atoms with Crippen molar-refractivity contribution in [3.63, 3.8) is 0 Å². The van der Waals surface area contributed by atoms with Crippen molar-refractivity contribution in [2.24, 2.45) is 0 Å². The number of rotatable bonds is 3. The van der Waals surface area contributed by atoms with Crippen molar-refractivity contribution in [1.82, 2.24) is 9.97 Å². The molecule has 1 heterocycles. The Bertz CT molecular complexity index is 838. The van der Waals surface area contributed by atoms with Crippen molar-refractivity contribution < 1.29 is 4.79 Å². The topological polar surface area (TPSA) is 54.9 Å². The first-order valence-electron chi connectivity index (χ1n) is 6.77. The maximum Gasteiger partial charge on any atom is 0.257 e. The summed E-state index contributed by atoms with van der Waals surface area (Å²) < 4.78 is 0.780. The van der Waals surface area contributed by atoms with Crippen LogP contribution in [0.4, 0.5) is 5.69 Å². The van der Waals surface area contributed by atoms with E-state index in [1.807, 2.05) is 30.3 Å². The van der Waals surface area contributed by atoms with Gasteiger partial charge in [0, 0.05) is 10.0 Å². The normalized spacial score (nSPS) is 10.3. The number of nitrogens with zero attached hydrogens (tertiary/aromatic N) is 2. The molecule has 3 aromatic rings. The molecule has 0 aliphatic rings. The van der Waals surface area contributed by atoms with Crippen LogP contribution in [-0.2, 0) is 0 Å². The number of aromatic nitrogens is 2.